The number of rotatable bonds is 6. The minimum atomic E-state index is -4.77. The van der Waals surface area contributed by atoms with Crippen LogP contribution < -0.4 is 26.5 Å². The van der Waals surface area contributed by atoms with Gasteiger partial charge in [-0.1, -0.05) is 24.3 Å². The van der Waals surface area contributed by atoms with Crippen LogP contribution in [-0.2, 0) is 6.61 Å². The first-order valence-corrected chi connectivity index (χ1v) is 7.27. The van der Waals surface area contributed by atoms with Crippen molar-refractivity contribution >= 4 is 5.70 Å². The van der Waals surface area contributed by atoms with Gasteiger partial charge >= 0.3 is 6.36 Å². The van der Waals surface area contributed by atoms with E-state index in [1.165, 1.54) is 18.2 Å². The Morgan fingerprint density at radius 1 is 1.12 bits per heavy atom. The summed E-state index contributed by atoms with van der Waals surface area (Å²) in [5, 5.41) is 8.94. The van der Waals surface area contributed by atoms with E-state index in [0.29, 0.717) is 11.1 Å². The second kappa shape index (κ2) is 8.13. The molecule has 0 bridgehead atoms. The quantitative estimate of drug-likeness (QED) is 0.413. The van der Waals surface area contributed by atoms with Crippen molar-refractivity contribution in [2.75, 3.05) is 0 Å². The molecule has 0 aliphatic rings. The van der Waals surface area contributed by atoms with Gasteiger partial charge in [0.2, 0.25) is 0 Å². The van der Waals surface area contributed by atoms with Crippen LogP contribution in [0.5, 0.6) is 11.5 Å². The monoisotopic (exact) mass is 364 g/mol. The Balaban J connectivity index is 2.11. The third kappa shape index (κ3) is 5.32. The Bertz CT molecular complexity index is 844. The third-order valence-corrected chi connectivity index (χ3v) is 3.21. The summed E-state index contributed by atoms with van der Waals surface area (Å²) < 4.78 is 46.1. The van der Waals surface area contributed by atoms with Crippen LogP contribution in [0.2, 0.25) is 0 Å². The Morgan fingerprint density at radius 2 is 1.81 bits per heavy atom. The maximum Gasteiger partial charge on any atom is 0.573 e. The number of nitrogens with zero attached hydrogens (tertiary/aromatic N) is 1. The lowest BCUT2D eigenvalue weighted by atomic mass is 10.1. The molecule has 0 saturated heterocycles. The number of nitrogens with two attached hydrogens (primary N) is 2. The normalized spacial score (nSPS) is 12.0. The number of halogens is 3. The van der Waals surface area contributed by atoms with Crippen LogP contribution in [0.15, 0.2) is 54.2 Å². The molecule has 6 nitrogen and oxygen atoms in total. The first-order valence-electron chi connectivity index (χ1n) is 7.27. The molecule has 26 heavy (non-hydrogen) atoms. The van der Waals surface area contributed by atoms with Gasteiger partial charge in [0.1, 0.15) is 24.2 Å². The summed E-state index contributed by atoms with van der Waals surface area (Å²) in [4.78, 5) is 0. The zero-order valence-corrected chi connectivity index (χ0v) is 13.4. The lowest BCUT2D eigenvalue weighted by molar-refractivity contribution is -0.274. The maximum atomic E-state index is 12.3. The number of allylic oxidation sites excluding steroid dienone is 1. The van der Waals surface area contributed by atoms with Crippen molar-refractivity contribution < 1.29 is 22.6 Å². The predicted octanol–water partition coefficient (Wildman–Crippen LogP) is 2.78. The molecule has 2 aromatic carbocycles. The lowest BCUT2D eigenvalue weighted by Gasteiger charge is -2.12. The molecule has 2 rings (SSSR count). The van der Waals surface area contributed by atoms with E-state index in [1.807, 2.05) is 6.07 Å². The number of hydrogen-bond donors (Lipinski definition) is 3. The van der Waals surface area contributed by atoms with Crippen LogP contribution >= 0.6 is 0 Å². The van der Waals surface area contributed by atoms with Crippen molar-refractivity contribution in [1.82, 2.24) is 5.43 Å². The average Bonchev–Trinajstić information content (AvgIpc) is 2.60. The fourth-order valence-corrected chi connectivity index (χ4v) is 2.07. The summed E-state index contributed by atoms with van der Waals surface area (Å²) in [5.41, 5.74) is 9.50. The van der Waals surface area contributed by atoms with E-state index in [9.17, 15) is 13.2 Å². The predicted molar refractivity (Wildman–Crippen MR) is 87.9 cm³/mol. The Morgan fingerprint density at radius 3 is 2.46 bits per heavy atom. The molecule has 0 spiro atoms. The molecule has 9 heteroatoms. The molecule has 0 aliphatic carbocycles. The van der Waals surface area contributed by atoms with E-state index in [1.54, 1.807) is 24.3 Å². The summed E-state index contributed by atoms with van der Waals surface area (Å²) in [7, 11) is 0. The molecule has 0 atom stereocenters. The van der Waals surface area contributed by atoms with Crippen molar-refractivity contribution in [2.45, 2.75) is 13.0 Å². The summed E-state index contributed by atoms with van der Waals surface area (Å²) in [6.45, 7) is 0.0779. The van der Waals surface area contributed by atoms with Gasteiger partial charge in [-0.05, 0) is 23.8 Å². The van der Waals surface area contributed by atoms with E-state index >= 15 is 0 Å². The van der Waals surface area contributed by atoms with Crippen LogP contribution in [0.3, 0.4) is 0 Å². The minimum Gasteiger partial charge on any atom is -0.489 e. The molecular formula is C17H15F3N4O2. The summed E-state index contributed by atoms with van der Waals surface area (Å²) >= 11 is 0. The molecule has 0 heterocycles. The lowest BCUT2D eigenvalue weighted by Crippen LogP contribution is -2.23. The number of benzene rings is 2. The second-order valence-electron chi connectivity index (χ2n) is 5.06. The highest BCUT2D eigenvalue weighted by Crippen LogP contribution is 2.26. The molecule has 0 amide bonds. The second-order valence-corrected chi connectivity index (χ2v) is 5.06. The number of nitriles is 1. The minimum absolute atomic E-state index is 0.0140. The molecular weight excluding hydrogens is 349 g/mol. The van der Waals surface area contributed by atoms with Gasteiger partial charge in [-0.25, -0.2) is 5.84 Å². The zero-order valence-electron chi connectivity index (χ0n) is 13.4. The van der Waals surface area contributed by atoms with Gasteiger partial charge in [-0.2, -0.15) is 5.26 Å². The summed E-state index contributed by atoms with van der Waals surface area (Å²) in [6.07, 6.45) is -4.77. The van der Waals surface area contributed by atoms with Crippen LogP contribution in [0.1, 0.15) is 11.1 Å². The fourth-order valence-electron chi connectivity index (χ4n) is 2.07. The average molecular weight is 364 g/mol. The standard InChI is InChI=1S/C17H15F3N4O2/c18-17(19,20)26-14-6-2-5-13(8-14)25-10-11-3-1-4-12(7-11)16(22)15(9-21)24-23/h1-8,24H,10,22-23H2/b16-15-. The van der Waals surface area contributed by atoms with Gasteiger partial charge in [0, 0.05) is 11.6 Å². The van der Waals surface area contributed by atoms with Gasteiger partial charge in [0.25, 0.3) is 0 Å². The van der Waals surface area contributed by atoms with Crippen molar-refractivity contribution in [2.24, 2.45) is 11.6 Å². The van der Waals surface area contributed by atoms with Gasteiger partial charge in [0.05, 0.1) is 5.70 Å². The highest BCUT2D eigenvalue weighted by Gasteiger charge is 2.31. The Labute approximate surface area is 147 Å². The highest BCUT2D eigenvalue weighted by atomic mass is 19.4. The third-order valence-electron chi connectivity index (χ3n) is 3.21. The van der Waals surface area contributed by atoms with Gasteiger partial charge < -0.3 is 20.6 Å². The van der Waals surface area contributed by atoms with Gasteiger partial charge in [-0.3, -0.25) is 0 Å². The van der Waals surface area contributed by atoms with Crippen molar-refractivity contribution in [1.29, 1.82) is 5.26 Å². The molecule has 0 saturated carbocycles. The topological polar surface area (TPSA) is 106 Å². The SMILES string of the molecule is N#C/C(NN)=C(/N)c1cccc(COc2cccc(OC(F)(F)F)c2)c1. The van der Waals surface area contributed by atoms with E-state index in [4.69, 9.17) is 21.6 Å². The largest absolute Gasteiger partial charge is 0.573 e. The van der Waals surface area contributed by atoms with Gasteiger partial charge in [0.15, 0.2) is 5.70 Å². The summed E-state index contributed by atoms with van der Waals surface area (Å²) in [6, 6.07) is 13.9. The molecule has 0 unspecified atom stereocenters. The number of alkyl halides is 3. The smallest absolute Gasteiger partial charge is 0.489 e. The number of ether oxygens (including phenoxy) is 2. The highest BCUT2D eigenvalue weighted by molar-refractivity contribution is 5.68. The van der Waals surface area contributed by atoms with E-state index in [-0.39, 0.29) is 29.5 Å². The molecule has 5 N–H and O–H groups in total. The first kappa shape index (κ1) is 19.0. The van der Waals surface area contributed by atoms with Crippen LogP contribution in [0.4, 0.5) is 13.2 Å². The molecule has 2 aromatic rings. The number of hydrazine groups is 1. The molecule has 0 fully saturated rings. The zero-order chi connectivity index (χ0) is 19.2. The van der Waals surface area contributed by atoms with Crippen molar-refractivity contribution in [3.63, 3.8) is 0 Å². The fraction of sp³-hybridized carbons (Fsp3) is 0.118. The van der Waals surface area contributed by atoms with Crippen molar-refractivity contribution in [3.8, 4) is 17.6 Å². The van der Waals surface area contributed by atoms with E-state index in [2.05, 4.69) is 10.2 Å². The Kier molecular flexibility index (Phi) is 5.93. The van der Waals surface area contributed by atoms with Crippen LogP contribution in [-0.4, -0.2) is 6.36 Å². The molecule has 0 radical (unpaired) electrons. The van der Waals surface area contributed by atoms with Gasteiger partial charge in [-0.15, -0.1) is 13.2 Å². The maximum absolute atomic E-state index is 12.3. The van der Waals surface area contributed by atoms with E-state index in [0.717, 1.165) is 6.07 Å². The molecule has 136 valence electrons. The first-order chi connectivity index (χ1) is 12.3. The van der Waals surface area contributed by atoms with Crippen molar-refractivity contribution in [3.05, 3.63) is 65.4 Å². The van der Waals surface area contributed by atoms with E-state index < -0.39 is 6.36 Å². The summed E-state index contributed by atoms with van der Waals surface area (Å²) in [5.74, 6) is 5.06. The number of hydrogen-bond acceptors (Lipinski definition) is 6. The molecule has 0 aliphatic heterocycles. The Hall–Kier alpha value is -3.38. The number of nitrogens with one attached hydrogen (secondary N) is 1. The molecule has 0 aromatic heterocycles. The van der Waals surface area contributed by atoms with Crippen LogP contribution in [0, 0.1) is 11.3 Å². The van der Waals surface area contributed by atoms with Crippen LogP contribution in [0.25, 0.3) is 5.70 Å².